The van der Waals surface area contributed by atoms with Crippen LogP contribution in [0.3, 0.4) is 0 Å². The van der Waals surface area contributed by atoms with Crippen molar-refractivity contribution in [2.75, 3.05) is 0 Å². The number of alkyl halides is 3. The van der Waals surface area contributed by atoms with Gasteiger partial charge >= 0.3 is 6.18 Å². The summed E-state index contributed by atoms with van der Waals surface area (Å²) in [5, 5.41) is 0.103. The minimum Gasteiger partial charge on any atom is -0.324 e. The van der Waals surface area contributed by atoms with E-state index in [0.29, 0.717) is 0 Å². The van der Waals surface area contributed by atoms with Crippen molar-refractivity contribution in [2.24, 2.45) is 5.73 Å². The van der Waals surface area contributed by atoms with Gasteiger partial charge in [0.15, 0.2) is 0 Å². The molecule has 1 aromatic carbocycles. The lowest BCUT2D eigenvalue weighted by Gasteiger charge is -2.16. The van der Waals surface area contributed by atoms with Crippen molar-refractivity contribution in [2.45, 2.75) is 26.1 Å². The Hall–Kier alpha value is -1.89. The molecule has 4 nitrogen and oxygen atoms in total. The Kier molecular flexibility index (Phi) is 3.09. The smallest absolute Gasteiger partial charge is 0.324 e. The van der Waals surface area contributed by atoms with Crippen molar-refractivity contribution in [1.29, 1.82) is 0 Å². The first-order valence-corrected chi connectivity index (χ1v) is 5.57. The predicted molar refractivity (Wildman–Crippen MR) is 64.7 cm³/mol. The van der Waals surface area contributed by atoms with Crippen LogP contribution in [-0.2, 0) is 6.18 Å². The van der Waals surface area contributed by atoms with Gasteiger partial charge in [0.05, 0.1) is 16.5 Å². The zero-order valence-corrected chi connectivity index (χ0v) is 10.3. The average Bonchev–Trinajstić information content (AvgIpc) is 2.25. The maximum Gasteiger partial charge on any atom is 0.416 e. The Morgan fingerprint density at radius 1 is 1.37 bits per heavy atom. The molecular formula is C12H12F3N3O. The van der Waals surface area contributed by atoms with Crippen LogP contribution in [0.1, 0.15) is 29.9 Å². The molecule has 0 bridgehead atoms. The number of nitrogens with one attached hydrogen (secondary N) is 1. The van der Waals surface area contributed by atoms with E-state index in [1.807, 2.05) is 0 Å². The third-order valence-electron chi connectivity index (χ3n) is 2.79. The van der Waals surface area contributed by atoms with Crippen LogP contribution in [0.2, 0.25) is 0 Å². The molecule has 3 N–H and O–H groups in total. The number of nitrogens with zero attached hydrogens (tertiary/aromatic N) is 1. The van der Waals surface area contributed by atoms with Gasteiger partial charge in [0.1, 0.15) is 5.82 Å². The van der Waals surface area contributed by atoms with Gasteiger partial charge in [0, 0.05) is 6.04 Å². The van der Waals surface area contributed by atoms with Crippen LogP contribution in [0.15, 0.2) is 16.9 Å². The molecule has 102 valence electrons. The largest absolute Gasteiger partial charge is 0.416 e. The molecule has 0 aliphatic rings. The number of hydrogen-bond donors (Lipinski definition) is 2. The fraction of sp³-hybridized carbons (Fsp3) is 0.333. The second-order valence-corrected chi connectivity index (χ2v) is 4.39. The van der Waals surface area contributed by atoms with Crippen LogP contribution in [0, 0.1) is 6.92 Å². The fourth-order valence-electron chi connectivity index (χ4n) is 1.94. The van der Waals surface area contributed by atoms with E-state index in [0.717, 1.165) is 12.1 Å². The Balaban J connectivity index is 2.89. The van der Waals surface area contributed by atoms with Crippen LogP contribution in [0.25, 0.3) is 10.9 Å². The summed E-state index contributed by atoms with van der Waals surface area (Å²) < 4.78 is 38.9. The zero-order chi connectivity index (χ0) is 14.4. The normalized spacial score (nSPS) is 13.8. The number of aromatic amines is 1. The second kappa shape index (κ2) is 4.34. The third kappa shape index (κ3) is 2.46. The first-order valence-electron chi connectivity index (χ1n) is 5.57. The van der Waals surface area contributed by atoms with Crippen molar-refractivity contribution in [1.82, 2.24) is 9.97 Å². The molecule has 0 saturated carbocycles. The van der Waals surface area contributed by atoms with Crippen molar-refractivity contribution >= 4 is 10.9 Å². The highest BCUT2D eigenvalue weighted by Gasteiger charge is 2.34. The van der Waals surface area contributed by atoms with E-state index >= 15 is 0 Å². The van der Waals surface area contributed by atoms with Crippen molar-refractivity contribution in [3.8, 4) is 0 Å². The Morgan fingerprint density at radius 2 is 2.00 bits per heavy atom. The quantitative estimate of drug-likeness (QED) is 0.835. The maximum absolute atomic E-state index is 13.0. The van der Waals surface area contributed by atoms with E-state index in [1.165, 1.54) is 13.8 Å². The van der Waals surface area contributed by atoms with Crippen molar-refractivity contribution in [3.05, 3.63) is 39.4 Å². The monoisotopic (exact) mass is 271 g/mol. The highest BCUT2D eigenvalue weighted by atomic mass is 19.4. The predicted octanol–water partition coefficient (Wildman–Crippen LogP) is 2.27. The molecule has 1 heterocycles. The average molecular weight is 271 g/mol. The van der Waals surface area contributed by atoms with E-state index in [2.05, 4.69) is 9.97 Å². The van der Waals surface area contributed by atoms with Gasteiger partial charge in [-0.1, -0.05) is 0 Å². The van der Waals surface area contributed by atoms with Crippen molar-refractivity contribution in [3.63, 3.8) is 0 Å². The van der Waals surface area contributed by atoms with Crippen LogP contribution in [0.4, 0.5) is 13.2 Å². The lowest BCUT2D eigenvalue weighted by atomic mass is 9.99. The fourth-order valence-corrected chi connectivity index (χ4v) is 1.94. The molecule has 0 amide bonds. The minimum absolute atomic E-state index is 0.0120. The Labute approximate surface area is 106 Å². The molecule has 0 saturated heterocycles. The van der Waals surface area contributed by atoms with E-state index in [9.17, 15) is 18.0 Å². The lowest BCUT2D eigenvalue weighted by molar-refractivity contribution is -0.138. The summed E-state index contributed by atoms with van der Waals surface area (Å²) in [6, 6.07) is 1.20. The van der Waals surface area contributed by atoms with Gasteiger partial charge < -0.3 is 10.7 Å². The molecule has 0 unspecified atom stereocenters. The number of aryl methyl sites for hydroxylation is 1. The highest BCUT2D eigenvalue weighted by Crippen LogP contribution is 2.35. The first-order chi connectivity index (χ1) is 8.70. The number of nitrogens with two attached hydrogens (primary N) is 1. The zero-order valence-electron chi connectivity index (χ0n) is 10.3. The SMILES string of the molecule is Cc1nc2cc(C(F)(F)F)c([C@H](C)N)cc2c(=O)[nH]1. The van der Waals surface area contributed by atoms with Gasteiger partial charge in [0.25, 0.3) is 5.56 Å². The summed E-state index contributed by atoms with van der Waals surface area (Å²) in [6.45, 7) is 2.94. The van der Waals surface area contributed by atoms with E-state index in [1.54, 1.807) is 0 Å². The number of aromatic nitrogens is 2. The molecule has 0 radical (unpaired) electrons. The van der Waals surface area contributed by atoms with E-state index in [4.69, 9.17) is 5.73 Å². The Bertz CT molecular complexity index is 689. The van der Waals surface area contributed by atoms with Gasteiger partial charge in [-0.2, -0.15) is 13.2 Å². The standard InChI is InChI=1S/C12H12F3N3O/c1-5(16)7-3-8-10(4-9(7)12(13,14)15)17-6(2)18-11(8)19/h3-5H,16H2,1-2H3,(H,17,18,19)/t5-/m0/s1. The first kappa shape index (κ1) is 13.5. The summed E-state index contributed by atoms with van der Waals surface area (Å²) in [5.74, 6) is 0.263. The molecule has 2 aromatic rings. The molecule has 0 spiro atoms. The van der Waals surface area contributed by atoms with Gasteiger partial charge in [-0.3, -0.25) is 4.79 Å². The maximum atomic E-state index is 13.0. The summed E-state index contributed by atoms with van der Waals surface area (Å²) in [6.07, 6.45) is -4.53. The molecule has 2 rings (SSSR count). The van der Waals surface area contributed by atoms with Crippen molar-refractivity contribution < 1.29 is 13.2 Å². The van der Waals surface area contributed by atoms with Gasteiger partial charge in [-0.15, -0.1) is 0 Å². The summed E-state index contributed by atoms with van der Waals surface area (Å²) in [4.78, 5) is 18.1. The van der Waals surface area contributed by atoms with E-state index in [-0.39, 0.29) is 22.3 Å². The Morgan fingerprint density at radius 3 is 2.53 bits per heavy atom. The van der Waals surface area contributed by atoms with Gasteiger partial charge in [-0.05, 0) is 31.5 Å². The molecule has 7 heteroatoms. The van der Waals surface area contributed by atoms with Crippen LogP contribution < -0.4 is 11.3 Å². The lowest BCUT2D eigenvalue weighted by Crippen LogP contribution is -2.18. The number of rotatable bonds is 1. The number of fused-ring (bicyclic) bond motifs is 1. The van der Waals surface area contributed by atoms with Crippen LogP contribution >= 0.6 is 0 Å². The second-order valence-electron chi connectivity index (χ2n) is 4.39. The summed E-state index contributed by atoms with van der Waals surface area (Å²) >= 11 is 0. The molecule has 0 aliphatic heterocycles. The van der Waals surface area contributed by atoms with E-state index < -0.39 is 23.3 Å². The number of halogens is 3. The molecule has 19 heavy (non-hydrogen) atoms. The van der Waals surface area contributed by atoms with Crippen LogP contribution in [0.5, 0.6) is 0 Å². The molecule has 0 fully saturated rings. The molecule has 0 aliphatic carbocycles. The minimum atomic E-state index is -4.53. The highest BCUT2D eigenvalue weighted by molar-refractivity contribution is 5.79. The number of H-pyrrole nitrogens is 1. The molecule has 1 aromatic heterocycles. The van der Waals surface area contributed by atoms with Crippen LogP contribution in [-0.4, -0.2) is 9.97 Å². The summed E-state index contributed by atoms with van der Waals surface area (Å²) in [5.41, 5.74) is 4.12. The van der Waals surface area contributed by atoms with Gasteiger partial charge in [0.2, 0.25) is 0 Å². The third-order valence-corrected chi connectivity index (χ3v) is 2.79. The number of hydrogen-bond acceptors (Lipinski definition) is 3. The summed E-state index contributed by atoms with van der Waals surface area (Å²) in [7, 11) is 0. The van der Waals surface area contributed by atoms with Gasteiger partial charge in [-0.25, -0.2) is 4.98 Å². The molecule has 1 atom stereocenters. The molecular weight excluding hydrogens is 259 g/mol. The number of benzene rings is 1. The topological polar surface area (TPSA) is 71.8 Å².